The highest BCUT2D eigenvalue weighted by atomic mass is 16.2. The van der Waals surface area contributed by atoms with Crippen LogP contribution in [0.5, 0.6) is 0 Å². The van der Waals surface area contributed by atoms with Crippen molar-refractivity contribution >= 4 is 11.8 Å². The third-order valence-electron chi connectivity index (χ3n) is 2.19. The molecular formula is C11H19N3O2. The molecule has 0 aliphatic rings. The zero-order valence-corrected chi connectivity index (χ0v) is 10.1. The van der Waals surface area contributed by atoms with E-state index in [1.807, 2.05) is 13.0 Å². The fraction of sp³-hybridized carbons (Fsp3) is 0.727. The van der Waals surface area contributed by atoms with Crippen molar-refractivity contribution in [2.75, 3.05) is 20.1 Å². The first-order valence-corrected chi connectivity index (χ1v) is 5.48. The highest BCUT2D eigenvalue weighted by Crippen LogP contribution is 2.04. The maximum atomic E-state index is 11.6. The molecule has 0 aromatic heterocycles. The van der Waals surface area contributed by atoms with Crippen LogP contribution in [0.15, 0.2) is 0 Å². The highest BCUT2D eigenvalue weighted by Gasteiger charge is 2.21. The molecule has 0 fully saturated rings. The summed E-state index contributed by atoms with van der Waals surface area (Å²) in [6, 6.07) is 1.93. The van der Waals surface area contributed by atoms with Gasteiger partial charge in [0.05, 0.1) is 12.6 Å². The molecule has 0 radical (unpaired) electrons. The van der Waals surface area contributed by atoms with Gasteiger partial charge in [0, 0.05) is 13.6 Å². The van der Waals surface area contributed by atoms with Crippen LogP contribution in [0, 0.1) is 17.2 Å². The number of hydrogen-bond donors (Lipinski definition) is 1. The second kappa shape index (κ2) is 7.69. The van der Waals surface area contributed by atoms with Crippen molar-refractivity contribution in [1.29, 1.82) is 5.26 Å². The first-order chi connectivity index (χ1) is 7.56. The molecule has 1 atom stereocenters. The number of nitriles is 1. The lowest BCUT2D eigenvalue weighted by molar-refractivity contribution is -0.136. The SMILES string of the molecule is CCCNC(=O)CN(C)C(=O)C(C#N)CC. The summed E-state index contributed by atoms with van der Waals surface area (Å²) in [5.74, 6) is -1.13. The molecule has 0 aromatic rings. The summed E-state index contributed by atoms with van der Waals surface area (Å²) < 4.78 is 0. The van der Waals surface area contributed by atoms with Crippen LogP contribution in [0.2, 0.25) is 0 Å². The second-order valence-corrected chi connectivity index (χ2v) is 3.63. The molecule has 16 heavy (non-hydrogen) atoms. The molecule has 0 aliphatic carbocycles. The average molecular weight is 225 g/mol. The van der Waals surface area contributed by atoms with Gasteiger partial charge in [-0.15, -0.1) is 0 Å². The van der Waals surface area contributed by atoms with E-state index in [1.54, 1.807) is 6.92 Å². The summed E-state index contributed by atoms with van der Waals surface area (Å²) in [7, 11) is 1.54. The normalized spacial score (nSPS) is 11.4. The molecule has 0 aliphatic heterocycles. The molecule has 0 rings (SSSR count). The Bertz CT molecular complexity index is 283. The number of amides is 2. The van der Waals surface area contributed by atoms with Crippen LogP contribution in [0.1, 0.15) is 26.7 Å². The van der Waals surface area contributed by atoms with Crippen molar-refractivity contribution in [2.24, 2.45) is 5.92 Å². The minimum Gasteiger partial charge on any atom is -0.355 e. The van der Waals surface area contributed by atoms with E-state index in [2.05, 4.69) is 5.32 Å². The van der Waals surface area contributed by atoms with Crippen LogP contribution in [-0.4, -0.2) is 36.9 Å². The summed E-state index contributed by atoms with van der Waals surface area (Å²) in [5, 5.41) is 11.4. The molecule has 0 spiro atoms. The van der Waals surface area contributed by atoms with Gasteiger partial charge in [0.15, 0.2) is 0 Å². The Kier molecular flexibility index (Phi) is 6.93. The van der Waals surface area contributed by atoms with Crippen molar-refractivity contribution in [2.45, 2.75) is 26.7 Å². The molecular weight excluding hydrogens is 206 g/mol. The van der Waals surface area contributed by atoms with Crippen LogP contribution >= 0.6 is 0 Å². The third-order valence-corrected chi connectivity index (χ3v) is 2.19. The van der Waals surface area contributed by atoms with Crippen LogP contribution in [0.3, 0.4) is 0 Å². The standard InChI is InChI=1S/C11H19N3O2/c1-4-6-13-10(15)8-14(3)11(16)9(5-2)7-12/h9H,4-6,8H2,1-3H3,(H,13,15). The van der Waals surface area contributed by atoms with Crippen LogP contribution in [-0.2, 0) is 9.59 Å². The van der Waals surface area contributed by atoms with Gasteiger partial charge in [-0.25, -0.2) is 0 Å². The van der Waals surface area contributed by atoms with Gasteiger partial charge in [0.1, 0.15) is 5.92 Å². The molecule has 1 unspecified atom stereocenters. The van der Waals surface area contributed by atoms with Crippen molar-refractivity contribution in [1.82, 2.24) is 10.2 Å². The van der Waals surface area contributed by atoms with Crippen molar-refractivity contribution in [3.05, 3.63) is 0 Å². The van der Waals surface area contributed by atoms with E-state index in [1.165, 1.54) is 11.9 Å². The zero-order valence-electron chi connectivity index (χ0n) is 10.1. The van der Waals surface area contributed by atoms with Crippen molar-refractivity contribution in [3.8, 4) is 6.07 Å². The first kappa shape index (κ1) is 14.4. The largest absolute Gasteiger partial charge is 0.355 e. The van der Waals surface area contributed by atoms with E-state index in [9.17, 15) is 9.59 Å². The fourth-order valence-corrected chi connectivity index (χ4v) is 1.20. The molecule has 0 saturated carbocycles. The Balaban J connectivity index is 4.15. The minimum atomic E-state index is -0.649. The zero-order chi connectivity index (χ0) is 12.6. The Hall–Kier alpha value is -1.57. The smallest absolute Gasteiger partial charge is 0.240 e. The van der Waals surface area contributed by atoms with Crippen LogP contribution in [0.25, 0.3) is 0 Å². The van der Waals surface area contributed by atoms with E-state index < -0.39 is 5.92 Å². The van der Waals surface area contributed by atoms with Gasteiger partial charge < -0.3 is 10.2 Å². The molecule has 0 aromatic carbocycles. The van der Waals surface area contributed by atoms with Crippen molar-refractivity contribution < 1.29 is 9.59 Å². The van der Waals surface area contributed by atoms with Gasteiger partial charge >= 0.3 is 0 Å². The Morgan fingerprint density at radius 3 is 2.50 bits per heavy atom. The number of nitrogens with zero attached hydrogens (tertiary/aromatic N) is 2. The minimum absolute atomic E-state index is 0.0109. The Labute approximate surface area is 96.4 Å². The van der Waals surface area contributed by atoms with E-state index in [0.29, 0.717) is 13.0 Å². The Morgan fingerprint density at radius 1 is 1.44 bits per heavy atom. The predicted molar refractivity (Wildman–Crippen MR) is 60.3 cm³/mol. The number of nitrogens with one attached hydrogen (secondary N) is 1. The van der Waals surface area contributed by atoms with Crippen molar-refractivity contribution in [3.63, 3.8) is 0 Å². The first-order valence-electron chi connectivity index (χ1n) is 5.48. The van der Waals surface area contributed by atoms with Gasteiger partial charge in [-0.05, 0) is 12.8 Å². The lowest BCUT2D eigenvalue weighted by Crippen LogP contribution is -2.40. The molecule has 1 N–H and O–H groups in total. The van der Waals surface area contributed by atoms with Gasteiger partial charge in [-0.2, -0.15) is 5.26 Å². The Morgan fingerprint density at radius 2 is 2.06 bits per heavy atom. The molecule has 2 amide bonds. The maximum Gasteiger partial charge on any atom is 0.240 e. The summed E-state index contributed by atoms with van der Waals surface area (Å²) in [6.45, 7) is 4.35. The van der Waals surface area contributed by atoms with Crippen LogP contribution < -0.4 is 5.32 Å². The molecule has 5 heteroatoms. The molecule has 0 heterocycles. The summed E-state index contributed by atoms with van der Waals surface area (Å²) in [4.78, 5) is 24.3. The monoisotopic (exact) mass is 225 g/mol. The molecule has 0 bridgehead atoms. The van der Waals surface area contributed by atoms with E-state index in [-0.39, 0.29) is 18.4 Å². The molecule has 5 nitrogen and oxygen atoms in total. The summed E-state index contributed by atoms with van der Waals surface area (Å²) in [6.07, 6.45) is 1.33. The number of carbonyl (C=O) groups is 2. The number of carbonyl (C=O) groups excluding carboxylic acids is 2. The second-order valence-electron chi connectivity index (χ2n) is 3.63. The van der Waals surface area contributed by atoms with E-state index >= 15 is 0 Å². The predicted octanol–water partition coefficient (Wildman–Crippen LogP) is 0.521. The number of likely N-dealkylation sites (N-methyl/N-ethyl adjacent to an activating group) is 1. The van der Waals surface area contributed by atoms with Gasteiger partial charge in [-0.3, -0.25) is 9.59 Å². The summed E-state index contributed by atoms with van der Waals surface area (Å²) in [5.41, 5.74) is 0. The quantitative estimate of drug-likeness (QED) is 0.716. The van der Waals surface area contributed by atoms with Gasteiger partial charge in [0.2, 0.25) is 11.8 Å². The van der Waals surface area contributed by atoms with E-state index in [0.717, 1.165) is 6.42 Å². The highest BCUT2D eigenvalue weighted by molar-refractivity contribution is 5.86. The van der Waals surface area contributed by atoms with E-state index in [4.69, 9.17) is 5.26 Å². The third kappa shape index (κ3) is 4.78. The molecule has 0 saturated heterocycles. The summed E-state index contributed by atoms with van der Waals surface area (Å²) >= 11 is 0. The van der Waals surface area contributed by atoms with Crippen LogP contribution in [0.4, 0.5) is 0 Å². The average Bonchev–Trinajstić information content (AvgIpc) is 2.27. The van der Waals surface area contributed by atoms with Gasteiger partial charge in [-0.1, -0.05) is 13.8 Å². The number of hydrogen-bond acceptors (Lipinski definition) is 3. The lowest BCUT2D eigenvalue weighted by Gasteiger charge is -2.18. The van der Waals surface area contributed by atoms with Gasteiger partial charge in [0.25, 0.3) is 0 Å². The molecule has 90 valence electrons. The number of rotatable bonds is 6. The maximum absolute atomic E-state index is 11.6. The fourth-order valence-electron chi connectivity index (χ4n) is 1.20. The topological polar surface area (TPSA) is 73.2 Å². The lowest BCUT2D eigenvalue weighted by atomic mass is 10.1.